The van der Waals surface area contributed by atoms with E-state index in [9.17, 15) is 18.8 Å². The first-order chi connectivity index (χ1) is 14.9. The number of quaternary nitrogens is 1. The van der Waals surface area contributed by atoms with Gasteiger partial charge in [-0.2, -0.15) is 0 Å². The third-order valence-electron chi connectivity index (χ3n) is 5.53. The molecule has 0 radical (unpaired) electrons. The zero-order valence-corrected chi connectivity index (χ0v) is 17.5. The number of hydrogen-bond donors (Lipinski definition) is 3. The third kappa shape index (κ3) is 5.49. The summed E-state index contributed by atoms with van der Waals surface area (Å²) in [6, 6.07) is 3.89. The molecule has 0 saturated carbocycles. The number of piperidine rings is 1. The summed E-state index contributed by atoms with van der Waals surface area (Å²) in [4.78, 5) is 45.9. The Morgan fingerprint density at radius 2 is 2.10 bits per heavy atom. The molecule has 1 aromatic heterocycles. The Morgan fingerprint density at radius 1 is 1.35 bits per heavy atom. The van der Waals surface area contributed by atoms with Crippen molar-refractivity contribution < 1.29 is 19.3 Å². The Kier molecular flexibility index (Phi) is 7.41. The summed E-state index contributed by atoms with van der Waals surface area (Å²) in [5, 5.41) is 9.34. The average Bonchev–Trinajstić information content (AvgIpc) is 2.77. The smallest absolute Gasteiger partial charge is 0.258 e. The van der Waals surface area contributed by atoms with Crippen LogP contribution in [0.4, 0.5) is 4.39 Å². The molecule has 1 aliphatic heterocycles. The molecule has 2 heterocycles. The number of aryl methyl sites for hydroxylation is 1. The number of ketones is 1. The van der Waals surface area contributed by atoms with Crippen molar-refractivity contribution in [2.24, 2.45) is 5.92 Å². The predicted molar refractivity (Wildman–Crippen MR) is 114 cm³/mol. The molecular formula is C22H27FN5O3+. The number of fused-ring (bicyclic) bond motifs is 1. The second-order valence-corrected chi connectivity index (χ2v) is 7.65. The lowest BCUT2D eigenvalue weighted by Gasteiger charge is -2.31. The minimum atomic E-state index is -0.489. The first-order valence-electron chi connectivity index (χ1n) is 10.4. The molecule has 1 aliphatic rings. The Hall–Kier alpha value is -3.20. The molecule has 164 valence electrons. The number of aromatic nitrogens is 2. The Balaban J connectivity index is 1.50. The molecule has 31 heavy (non-hydrogen) atoms. The largest absolute Gasteiger partial charge is 0.343 e. The molecule has 0 spiro atoms. The van der Waals surface area contributed by atoms with Crippen LogP contribution in [0.5, 0.6) is 0 Å². The zero-order valence-electron chi connectivity index (χ0n) is 17.5. The minimum Gasteiger partial charge on any atom is -0.343 e. The number of rotatable bonds is 8. The normalized spacial score (nSPS) is 15.3. The minimum absolute atomic E-state index is 0.0146. The number of nitrogens with two attached hydrogens (primary N) is 1. The van der Waals surface area contributed by atoms with Crippen molar-refractivity contribution in [3.8, 4) is 0 Å². The molecule has 1 saturated heterocycles. The molecule has 2 aromatic rings. The Labute approximate surface area is 179 Å². The van der Waals surface area contributed by atoms with Crippen LogP contribution in [0.3, 0.4) is 0 Å². The molecule has 8 nitrogen and oxygen atoms in total. The van der Waals surface area contributed by atoms with E-state index in [0.717, 1.165) is 12.3 Å². The van der Waals surface area contributed by atoms with Crippen molar-refractivity contribution in [1.82, 2.24) is 14.9 Å². The van der Waals surface area contributed by atoms with E-state index < -0.39 is 11.4 Å². The van der Waals surface area contributed by atoms with Gasteiger partial charge in [-0.25, -0.2) is 9.37 Å². The van der Waals surface area contributed by atoms with Gasteiger partial charge in [-0.3, -0.25) is 14.4 Å². The van der Waals surface area contributed by atoms with Crippen molar-refractivity contribution in [2.45, 2.75) is 32.1 Å². The summed E-state index contributed by atoms with van der Waals surface area (Å²) in [5.41, 5.74) is 0.431. The Bertz CT molecular complexity index is 1070. The summed E-state index contributed by atoms with van der Waals surface area (Å²) >= 11 is 0. The van der Waals surface area contributed by atoms with E-state index in [4.69, 9.17) is 5.41 Å². The van der Waals surface area contributed by atoms with Crippen molar-refractivity contribution in [3.63, 3.8) is 0 Å². The quantitative estimate of drug-likeness (QED) is 0.427. The third-order valence-corrected chi connectivity index (χ3v) is 5.53. The highest BCUT2D eigenvalue weighted by molar-refractivity contribution is 6.13. The second-order valence-electron chi connectivity index (χ2n) is 7.65. The van der Waals surface area contributed by atoms with Crippen LogP contribution in [0.1, 0.15) is 31.5 Å². The number of aromatic amines is 1. The van der Waals surface area contributed by atoms with E-state index in [1.807, 2.05) is 0 Å². The number of halogens is 1. The van der Waals surface area contributed by atoms with Crippen molar-refractivity contribution >= 4 is 28.8 Å². The number of amides is 1. The van der Waals surface area contributed by atoms with Gasteiger partial charge in [-0.05, 0) is 37.5 Å². The Morgan fingerprint density at radius 3 is 2.77 bits per heavy atom. The van der Waals surface area contributed by atoms with Crippen LogP contribution in [0, 0.1) is 17.1 Å². The van der Waals surface area contributed by atoms with Gasteiger partial charge >= 0.3 is 0 Å². The highest BCUT2D eigenvalue weighted by atomic mass is 19.1. The van der Waals surface area contributed by atoms with Gasteiger partial charge in [0.1, 0.15) is 17.8 Å². The van der Waals surface area contributed by atoms with E-state index in [2.05, 4.69) is 9.97 Å². The fourth-order valence-electron chi connectivity index (χ4n) is 3.85. The molecule has 0 unspecified atom stereocenters. The molecular weight excluding hydrogens is 401 g/mol. The molecule has 0 atom stereocenters. The molecule has 0 aliphatic carbocycles. The highest BCUT2D eigenvalue weighted by Gasteiger charge is 2.28. The van der Waals surface area contributed by atoms with Crippen LogP contribution in [0.2, 0.25) is 0 Å². The number of allylic oxidation sites excluding steroid dienone is 1. The lowest BCUT2D eigenvalue weighted by Crippen LogP contribution is -2.73. The number of carbonyl (C=O) groups is 2. The standard InChI is InChI=1S/C22H26FN5O3/c1-25-13-15(12-24)21(30)14-7-9-28(10-8-14)20(29)4-2-3-19-26-18-6-5-16(23)11-17(18)22(31)27-19/h5-6,11-14,24-25H,2-4,7-10H2,1H3,(H,26,27,31)/p+1/b15-13+,24-12?. The van der Waals surface area contributed by atoms with Gasteiger partial charge in [0.05, 0.1) is 23.5 Å². The monoisotopic (exact) mass is 428 g/mol. The van der Waals surface area contributed by atoms with Crippen LogP contribution >= 0.6 is 0 Å². The molecule has 1 fully saturated rings. The lowest BCUT2D eigenvalue weighted by atomic mass is 9.89. The van der Waals surface area contributed by atoms with E-state index in [0.29, 0.717) is 62.1 Å². The van der Waals surface area contributed by atoms with Gasteiger partial charge in [0.15, 0.2) is 5.78 Å². The number of nitrogens with zero attached hydrogens (tertiary/aromatic N) is 2. The number of nitrogens with one attached hydrogen (secondary N) is 2. The number of carbonyl (C=O) groups excluding carboxylic acids is 2. The molecule has 1 aromatic carbocycles. The number of Topliss-reactive ketones (excluding diaryl/α,β-unsaturated/α-hetero) is 1. The maximum atomic E-state index is 13.3. The van der Waals surface area contributed by atoms with Gasteiger partial charge in [0.2, 0.25) is 5.91 Å². The number of hydrogen-bond acceptors (Lipinski definition) is 5. The van der Waals surface area contributed by atoms with Crippen molar-refractivity contribution in [3.05, 3.63) is 52.0 Å². The fraction of sp³-hybridized carbons (Fsp3) is 0.409. The number of likely N-dealkylation sites (tertiary alicyclic amines) is 1. The van der Waals surface area contributed by atoms with Gasteiger partial charge < -0.3 is 20.6 Å². The van der Waals surface area contributed by atoms with Crippen LogP contribution in [-0.4, -0.2) is 52.9 Å². The topological polar surface area (TPSA) is 124 Å². The lowest BCUT2D eigenvalue weighted by molar-refractivity contribution is -0.556. The molecule has 1 amide bonds. The maximum Gasteiger partial charge on any atom is 0.258 e. The van der Waals surface area contributed by atoms with Gasteiger partial charge in [0, 0.05) is 38.1 Å². The average molecular weight is 428 g/mol. The molecule has 3 rings (SSSR count). The van der Waals surface area contributed by atoms with Crippen LogP contribution in [-0.2, 0) is 16.0 Å². The summed E-state index contributed by atoms with van der Waals surface area (Å²) in [6.45, 7) is 1.04. The van der Waals surface area contributed by atoms with E-state index in [-0.39, 0.29) is 23.0 Å². The van der Waals surface area contributed by atoms with Crippen LogP contribution in [0.25, 0.3) is 10.9 Å². The van der Waals surface area contributed by atoms with Crippen LogP contribution in [0.15, 0.2) is 34.8 Å². The molecule has 0 bridgehead atoms. The fourth-order valence-corrected chi connectivity index (χ4v) is 3.85. The predicted octanol–water partition coefficient (Wildman–Crippen LogP) is 0.919. The first kappa shape index (κ1) is 22.5. The maximum absolute atomic E-state index is 13.3. The SMILES string of the molecule is C[NH2+]/C=C(\C=N)C(=O)C1CCN(C(=O)CCCc2nc3ccc(F)cc3c(=O)[nH]2)CC1. The summed E-state index contributed by atoms with van der Waals surface area (Å²) in [6.07, 6.45) is 5.20. The number of benzene rings is 1. The van der Waals surface area contributed by atoms with E-state index in [1.54, 1.807) is 23.5 Å². The molecule has 9 heteroatoms. The van der Waals surface area contributed by atoms with Gasteiger partial charge in [-0.15, -0.1) is 0 Å². The number of H-pyrrole nitrogens is 1. The summed E-state index contributed by atoms with van der Waals surface area (Å²) < 4.78 is 13.3. The molecule has 4 N–H and O–H groups in total. The van der Waals surface area contributed by atoms with Gasteiger partial charge in [0.25, 0.3) is 5.56 Å². The van der Waals surface area contributed by atoms with Gasteiger partial charge in [-0.1, -0.05) is 0 Å². The van der Waals surface area contributed by atoms with Crippen molar-refractivity contribution in [1.29, 1.82) is 5.41 Å². The second kappa shape index (κ2) is 10.2. The summed E-state index contributed by atoms with van der Waals surface area (Å²) in [5.74, 6) is -0.196. The summed E-state index contributed by atoms with van der Waals surface area (Å²) in [7, 11) is 1.81. The zero-order chi connectivity index (χ0) is 22.4. The van der Waals surface area contributed by atoms with E-state index >= 15 is 0 Å². The van der Waals surface area contributed by atoms with Crippen LogP contribution < -0.4 is 10.9 Å². The highest BCUT2D eigenvalue weighted by Crippen LogP contribution is 2.21. The first-order valence-corrected chi connectivity index (χ1v) is 10.4. The van der Waals surface area contributed by atoms with Crippen molar-refractivity contribution in [2.75, 3.05) is 20.1 Å². The van der Waals surface area contributed by atoms with E-state index in [1.165, 1.54) is 12.1 Å².